The highest BCUT2D eigenvalue weighted by Gasteiger charge is 2.09. The zero-order valence-corrected chi connectivity index (χ0v) is 14.7. The van der Waals surface area contributed by atoms with E-state index in [1.54, 1.807) is 11.8 Å². The van der Waals surface area contributed by atoms with E-state index >= 15 is 0 Å². The van der Waals surface area contributed by atoms with Crippen molar-refractivity contribution in [2.75, 3.05) is 5.32 Å². The molecule has 0 amide bonds. The lowest BCUT2D eigenvalue weighted by atomic mass is 9.95. The molecule has 2 N–H and O–H groups in total. The summed E-state index contributed by atoms with van der Waals surface area (Å²) >= 11 is 7.53. The summed E-state index contributed by atoms with van der Waals surface area (Å²) in [5, 5.41) is 13.6. The van der Waals surface area contributed by atoms with Crippen molar-refractivity contribution in [3.8, 4) is 5.75 Å². The number of benzene rings is 3. The first-order valence-corrected chi connectivity index (χ1v) is 8.75. The molecular weight excluding hydrogens is 356 g/mol. The van der Waals surface area contributed by atoms with Gasteiger partial charge in [0.2, 0.25) is 0 Å². The van der Waals surface area contributed by atoms with Gasteiger partial charge in [-0.3, -0.25) is 0 Å². The van der Waals surface area contributed by atoms with Crippen molar-refractivity contribution >= 4 is 42.4 Å². The molecule has 2 nitrogen and oxygen atoms in total. The zero-order valence-electron chi connectivity index (χ0n) is 13.2. The van der Waals surface area contributed by atoms with Crippen LogP contribution in [0.15, 0.2) is 70.5 Å². The molecule has 0 unspecified atom stereocenters. The van der Waals surface area contributed by atoms with Gasteiger partial charge in [0.05, 0.1) is 5.69 Å². The van der Waals surface area contributed by atoms with Crippen molar-refractivity contribution in [1.29, 1.82) is 0 Å². The highest BCUT2D eigenvalue weighted by molar-refractivity contribution is 7.99. The molecule has 0 saturated heterocycles. The van der Waals surface area contributed by atoms with Gasteiger partial charge in [-0.2, -0.15) is 0 Å². The maximum atomic E-state index is 13.6. The summed E-state index contributed by atoms with van der Waals surface area (Å²) in [4.78, 5) is 2.12. The Hall–Kier alpha value is -2.11. The predicted molar refractivity (Wildman–Crippen MR) is 103 cm³/mol. The van der Waals surface area contributed by atoms with Crippen LogP contribution in [-0.2, 0) is 6.54 Å². The first-order valence-electron chi connectivity index (χ1n) is 7.56. The molecule has 0 atom stereocenters. The Kier molecular flexibility index (Phi) is 5.56. The molecule has 2 radical (unpaired) electrons. The molecule has 0 aromatic heterocycles. The minimum atomic E-state index is -0.744. The molecule has 0 aliphatic heterocycles. The standard InChI is InChI=1S/C19H14BClFNOS/c20-13-9-16(22)19(24)17(10-13)23-11-12-3-1-2-4-18(12)25-15-7-5-14(21)6-8-15/h1-10,23-24H,11H2. The summed E-state index contributed by atoms with van der Waals surface area (Å²) in [6.45, 7) is 0.424. The number of rotatable bonds is 5. The SMILES string of the molecule is [B]c1cc(F)c(O)c(NCc2ccccc2Sc2ccc(Cl)cc2)c1. The second kappa shape index (κ2) is 7.85. The van der Waals surface area contributed by atoms with Crippen LogP contribution in [0.25, 0.3) is 0 Å². The van der Waals surface area contributed by atoms with E-state index in [9.17, 15) is 9.50 Å². The quantitative estimate of drug-likeness (QED) is 0.503. The third kappa shape index (κ3) is 4.50. The maximum Gasteiger partial charge on any atom is 0.174 e. The number of hydrogen-bond acceptors (Lipinski definition) is 3. The third-order valence-corrected chi connectivity index (χ3v) is 4.95. The van der Waals surface area contributed by atoms with Gasteiger partial charge in [0.25, 0.3) is 0 Å². The van der Waals surface area contributed by atoms with Gasteiger partial charge in [-0.05, 0) is 48.0 Å². The predicted octanol–water partition coefficient (Wildman–Crippen LogP) is 4.74. The van der Waals surface area contributed by atoms with Gasteiger partial charge in [-0.1, -0.05) is 47.0 Å². The van der Waals surface area contributed by atoms with Gasteiger partial charge < -0.3 is 10.4 Å². The Morgan fingerprint density at radius 3 is 2.56 bits per heavy atom. The molecule has 0 aliphatic carbocycles. The molecule has 0 spiro atoms. The van der Waals surface area contributed by atoms with Gasteiger partial charge >= 0.3 is 0 Å². The molecule has 3 rings (SSSR count). The summed E-state index contributed by atoms with van der Waals surface area (Å²) in [5.41, 5.74) is 1.54. The molecule has 0 heterocycles. The normalized spacial score (nSPS) is 10.6. The van der Waals surface area contributed by atoms with E-state index in [0.717, 1.165) is 21.4 Å². The molecule has 3 aromatic rings. The van der Waals surface area contributed by atoms with Crippen LogP contribution in [0.5, 0.6) is 5.75 Å². The van der Waals surface area contributed by atoms with Crippen molar-refractivity contribution in [2.24, 2.45) is 0 Å². The van der Waals surface area contributed by atoms with Crippen LogP contribution < -0.4 is 10.8 Å². The van der Waals surface area contributed by atoms with Crippen LogP contribution in [0.1, 0.15) is 5.56 Å². The molecule has 0 bridgehead atoms. The Morgan fingerprint density at radius 2 is 1.80 bits per heavy atom. The number of anilines is 1. The van der Waals surface area contributed by atoms with Gasteiger partial charge in [-0.25, -0.2) is 4.39 Å². The molecule has 6 heteroatoms. The smallest absolute Gasteiger partial charge is 0.174 e. The number of halogens is 2. The minimum absolute atomic E-state index is 0.252. The molecule has 25 heavy (non-hydrogen) atoms. The van der Waals surface area contributed by atoms with Gasteiger partial charge in [0.15, 0.2) is 11.6 Å². The van der Waals surface area contributed by atoms with Crippen LogP contribution in [-0.4, -0.2) is 13.0 Å². The van der Waals surface area contributed by atoms with E-state index in [0.29, 0.717) is 11.6 Å². The third-order valence-electron chi connectivity index (χ3n) is 3.57. The van der Waals surface area contributed by atoms with Crippen LogP contribution in [0.4, 0.5) is 10.1 Å². The van der Waals surface area contributed by atoms with E-state index in [-0.39, 0.29) is 11.2 Å². The first-order chi connectivity index (χ1) is 12.0. The lowest BCUT2D eigenvalue weighted by molar-refractivity contribution is 0.435. The van der Waals surface area contributed by atoms with Crippen molar-refractivity contribution < 1.29 is 9.50 Å². The maximum absolute atomic E-state index is 13.6. The summed E-state index contributed by atoms with van der Waals surface area (Å²) in [6, 6.07) is 18.1. The topological polar surface area (TPSA) is 32.3 Å². The Balaban J connectivity index is 1.78. The second-order valence-corrected chi connectivity index (χ2v) is 6.97. The van der Waals surface area contributed by atoms with Crippen LogP contribution >= 0.6 is 23.4 Å². The van der Waals surface area contributed by atoms with Gasteiger partial charge in [0, 0.05) is 21.4 Å². The largest absolute Gasteiger partial charge is 0.503 e. The van der Waals surface area contributed by atoms with Gasteiger partial charge in [0.1, 0.15) is 7.85 Å². The van der Waals surface area contributed by atoms with Crippen LogP contribution in [0.2, 0.25) is 5.02 Å². The van der Waals surface area contributed by atoms with Crippen molar-refractivity contribution in [1.82, 2.24) is 0 Å². The summed E-state index contributed by atoms with van der Waals surface area (Å²) in [6.07, 6.45) is 0. The van der Waals surface area contributed by atoms with Crippen molar-refractivity contribution in [2.45, 2.75) is 16.3 Å². The molecule has 0 saturated carbocycles. The average Bonchev–Trinajstić information content (AvgIpc) is 2.60. The number of aromatic hydroxyl groups is 1. The summed E-state index contributed by atoms with van der Waals surface area (Å²) in [7, 11) is 5.64. The van der Waals surface area contributed by atoms with Gasteiger partial charge in [-0.15, -0.1) is 0 Å². The lowest BCUT2D eigenvalue weighted by Crippen LogP contribution is -2.08. The Labute approximate surface area is 156 Å². The first kappa shape index (κ1) is 17.7. The summed E-state index contributed by atoms with van der Waals surface area (Å²) in [5.74, 6) is -1.18. The summed E-state index contributed by atoms with van der Waals surface area (Å²) < 4.78 is 13.6. The average molecular weight is 370 g/mol. The molecule has 0 fully saturated rings. The molecule has 124 valence electrons. The van der Waals surface area contributed by atoms with E-state index < -0.39 is 11.6 Å². The number of phenolic OH excluding ortho intramolecular Hbond substituents is 1. The number of nitrogens with one attached hydrogen (secondary N) is 1. The minimum Gasteiger partial charge on any atom is -0.503 e. The second-order valence-electron chi connectivity index (χ2n) is 5.42. The fourth-order valence-corrected chi connectivity index (χ4v) is 3.39. The van der Waals surface area contributed by atoms with Crippen molar-refractivity contribution in [3.63, 3.8) is 0 Å². The highest BCUT2D eigenvalue weighted by Crippen LogP contribution is 2.32. The fourth-order valence-electron chi connectivity index (χ4n) is 2.32. The zero-order chi connectivity index (χ0) is 17.8. The number of phenols is 1. The molecule has 3 aromatic carbocycles. The Bertz CT molecular complexity index is 889. The van der Waals surface area contributed by atoms with Crippen LogP contribution in [0, 0.1) is 5.82 Å². The lowest BCUT2D eigenvalue weighted by Gasteiger charge is -2.13. The fraction of sp³-hybridized carbons (Fsp3) is 0.0526. The highest BCUT2D eigenvalue weighted by atomic mass is 35.5. The van der Waals surface area contributed by atoms with E-state index in [1.165, 1.54) is 6.07 Å². The van der Waals surface area contributed by atoms with Crippen LogP contribution in [0.3, 0.4) is 0 Å². The monoisotopic (exact) mass is 369 g/mol. The Morgan fingerprint density at radius 1 is 1.08 bits per heavy atom. The van der Waals surface area contributed by atoms with E-state index in [2.05, 4.69) is 5.32 Å². The van der Waals surface area contributed by atoms with E-state index in [4.69, 9.17) is 19.4 Å². The molecular formula is C19H14BClFNOS. The van der Waals surface area contributed by atoms with E-state index in [1.807, 2.05) is 48.5 Å². The number of hydrogen-bond donors (Lipinski definition) is 2. The molecule has 0 aliphatic rings. The van der Waals surface area contributed by atoms with Crippen molar-refractivity contribution in [3.05, 3.63) is 77.1 Å².